The third-order valence-corrected chi connectivity index (χ3v) is 2.93. The number of nitro groups is 1. The highest BCUT2D eigenvalue weighted by Gasteiger charge is 2.08. The van der Waals surface area contributed by atoms with Gasteiger partial charge in [-0.1, -0.05) is 6.07 Å². The SMILES string of the molecule is Cc1ccc([N+](=O)[O-])cc1NCc1cnn(CCO)c1. The number of anilines is 1. The molecule has 0 saturated heterocycles. The molecule has 7 heteroatoms. The van der Waals surface area contributed by atoms with Crippen molar-refractivity contribution in [3.05, 3.63) is 51.8 Å². The van der Waals surface area contributed by atoms with Crippen molar-refractivity contribution in [2.45, 2.75) is 20.0 Å². The lowest BCUT2D eigenvalue weighted by atomic mass is 10.1. The summed E-state index contributed by atoms with van der Waals surface area (Å²) in [5, 5.41) is 26.8. The van der Waals surface area contributed by atoms with Crippen molar-refractivity contribution in [2.24, 2.45) is 0 Å². The van der Waals surface area contributed by atoms with Gasteiger partial charge >= 0.3 is 0 Å². The normalized spacial score (nSPS) is 10.5. The number of aromatic nitrogens is 2. The number of aliphatic hydroxyl groups excluding tert-OH is 1. The van der Waals surface area contributed by atoms with Crippen LogP contribution in [0.5, 0.6) is 0 Å². The third-order valence-electron chi connectivity index (χ3n) is 2.93. The number of hydrogen-bond donors (Lipinski definition) is 2. The van der Waals surface area contributed by atoms with Gasteiger partial charge in [-0.25, -0.2) is 0 Å². The first kappa shape index (κ1) is 14.0. The van der Waals surface area contributed by atoms with Crippen molar-refractivity contribution in [3.8, 4) is 0 Å². The van der Waals surface area contributed by atoms with Crippen LogP contribution in [0.25, 0.3) is 0 Å². The van der Waals surface area contributed by atoms with E-state index >= 15 is 0 Å². The number of rotatable bonds is 6. The highest BCUT2D eigenvalue weighted by atomic mass is 16.6. The lowest BCUT2D eigenvalue weighted by Crippen LogP contribution is -2.03. The summed E-state index contributed by atoms with van der Waals surface area (Å²) in [6.45, 7) is 2.91. The molecule has 0 bridgehead atoms. The number of nitrogens with zero attached hydrogens (tertiary/aromatic N) is 3. The van der Waals surface area contributed by atoms with Gasteiger partial charge in [0.15, 0.2) is 0 Å². The van der Waals surface area contributed by atoms with Gasteiger partial charge in [0.05, 0.1) is 24.3 Å². The molecule has 0 atom stereocenters. The highest BCUT2D eigenvalue weighted by Crippen LogP contribution is 2.22. The number of nitrogens with one attached hydrogen (secondary N) is 1. The summed E-state index contributed by atoms with van der Waals surface area (Å²) in [5.41, 5.74) is 2.69. The molecule has 2 rings (SSSR count). The topological polar surface area (TPSA) is 93.2 Å². The van der Waals surface area contributed by atoms with Gasteiger partial charge in [-0.05, 0) is 12.5 Å². The molecule has 1 heterocycles. The van der Waals surface area contributed by atoms with E-state index < -0.39 is 4.92 Å². The molecule has 0 aliphatic heterocycles. The third kappa shape index (κ3) is 3.33. The maximum Gasteiger partial charge on any atom is 0.271 e. The Kier molecular flexibility index (Phi) is 4.31. The molecule has 0 radical (unpaired) electrons. The van der Waals surface area contributed by atoms with E-state index in [0.29, 0.717) is 13.1 Å². The van der Waals surface area contributed by atoms with E-state index in [4.69, 9.17) is 5.11 Å². The lowest BCUT2D eigenvalue weighted by Gasteiger charge is -2.08. The van der Waals surface area contributed by atoms with Crippen molar-refractivity contribution < 1.29 is 10.0 Å². The Labute approximate surface area is 116 Å². The molecule has 7 nitrogen and oxygen atoms in total. The second-order valence-corrected chi connectivity index (χ2v) is 4.45. The summed E-state index contributed by atoms with van der Waals surface area (Å²) in [7, 11) is 0. The summed E-state index contributed by atoms with van der Waals surface area (Å²) >= 11 is 0. The van der Waals surface area contributed by atoms with E-state index in [0.717, 1.165) is 16.8 Å². The standard InChI is InChI=1S/C13H16N4O3/c1-10-2-3-12(17(19)20)6-13(10)14-7-11-8-15-16(9-11)4-5-18/h2-3,6,8-9,14,18H,4-5,7H2,1H3. The van der Waals surface area contributed by atoms with Crippen LogP contribution in [0.3, 0.4) is 0 Å². The minimum atomic E-state index is -0.413. The highest BCUT2D eigenvalue weighted by molar-refractivity contribution is 5.56. The predicted molar refractivity (Wildman–Crippen MR) is 74.5 cm³/mol. The fraction of sp³-hybridized carbons (Fsp3) is 0.308. The quantitative estimate of drug-likeness (QED) is 0.618. The minimum absolute atomic E-state index is 0.0402. The Morgan fingerprint density at radius 3 is 3.00 bits per heavy atom. The Morgan fingerprint density at radius 1 is 1.50 bits per heavy atom. The Balaban J connectivity index is 2.05. The second-order valence-electron chi connectivity index (χ2n) is 4.45. The molecule has 20 heavy (non-hydrogen) atoms. The molecule has 0 aliphatic carbocycles. The number of aliphatic hydroxyl groups is 1. The number of aryl methyl sites for hydroxylation is 1. The molecule has 0 spiro atoms. The Morgan fingerprint density at radius 2 is 2.30 bits per heavy atom. The van der Waals surface area contributed by atoms with Gasteiger partial charge < -0.3 is 10.4 Å². The van der Waals surface area contributed by atoms with Crippen LogP contribution < -0.4 is 5.32 Å². The molecule has 0 saturated carbocycles. The van der Waals surface area contributed by atoms with Gasteiger partial charge in [0.1, 0.15) is 0 Å². The van der Waals surface area contributed by atoms with Crippen LogP contribution in [-0.4, -0.2) is 26.4 Å². The van der Waals surface area contributed by atoms with Crippen molar-refractivity contribution in [3.63, 3.8) is 0 Å². The van der Waals surface area contributed by atoms with Crippen LogP contribution >= 0.6 is 0 Å². The molecule has 2 aromatic rings. The van der Waals surface area contributed by atoms with Gasteiger partial charge in [-0.3, -0.25) is 14.8 Å². The minimum Gasteiger partial charge on any atom is -0.394 e. The predicted octanol–water partition coefficient (Wildman–Crippen LogP) is 1.70. The maximum absolute atomic E-state index is 10.8. The summed E-state index contributed by atoms with van der Waals surface area (Å²) in [5.74, 6) is 0. The number of hydrogen-bond acceptors (Lipinski definition) is 5. The lowest BCUT2D eigenvalue weighted by molar-refractivity contribution is -0.384. The van der Waals surface area contributed by atoms with Crippen LogP contribution in [0.4, 0.5) is 11.4 Å². The summed E-state index contributed by atoms with van der Waals surface area (Å²) in [6, 6.07) is 4.73. The molecular formula is C13H16N4O3. The van der Waals surface area contributed by atoms with Crippen LogP contribution in [0, 0.1) is 17.0 Å². The number of benzene rings is 1. The molecule has 1 aromatic heterocycles. The van der Waals surface area contributed by atoms with Gasteiger partial charge in [0.25, 0.3) is 5.69 Å². The molecular weight excluding hydrogens is 260 g/mol. The van der Waals surface area contributed by atoms with Gasteiger partial charge in [0, 0.05) is 36.1 Å². The Bertz CT molecular complexity index is 609. The monoisotopic (exact) mass is 276 g/mol. The molecule has 2 N–H and O–H groups in total. The zero-order valence-electron chi connectivity index (χ0n) is 11.1. The largest absolute Gasteiger partial charge is 0.394 e. The zero-order valence-corrected chi connectivity index (χ0v) is 11.1. The van der Waals surface area contributed by atoms with E-state index in [2.05, 4.69) is 10.4 Å². The van der Waals surface area contributed by atoms with Crippen molar-refractivity contribution in [1.82, 2.24) is 9.78 Å². The summed E-state index contributed by atoms with van der Waals surface area (Å²) in [4.78, 5) is 10.3. The van der Waals surface area contributed by atoms with Crippen LogP contribution in [0.1, 0.15) is 11.1 Å². The van der Waals surface area contributed by atoms with E-state index in [-0.39, 0.29) is 12.3 Å². The summed E-state index contributed by atoms with van der Waals surface area (Å²) < 4.78 is 1.65. The first-order valence-corrected chi connectivity index (χ1v) is 6.21. The fourth-order valence-electron chi connectivity index (χ4n) is 1.83. The van der Waals surface area contributed by atoms with Crippen LogP contribution in [-0.2, 0) is 13.1 Å². The maximum atomic E-state index is 10.8. The van der Waals surface area contributed by atoms with Gasteiger partial charge in [-0.2, -0.15) is 5.10 Å². The van der Waals surface area contributed by atoms with E-state index in [1.807, 2.05) is 13.1 Å². The van der Waals surface area contributed by atoms with Crippen LogP contribution in [0.2, 0.25) is 0 Å². The average molecular weight is 276 g/mol. The van der Waals surface area contributed by atoms with E-state index in [1.165, 1.54) is 12.1 Å². The molecule has 1 aromatic carbocycles. The molecule has 0 fully saturated rings. The molecule has 0 unspecified atom stereocenters. The van der Waals surface area contributed by atoms with Crippen molar-refractivity contribution in [2.75, 3.05) is 11.9 Å². The number of non-ortho nitro benzene ring substituents is 1. The van der Waals surface area contributed by atoms with Gasteiger partial charge in [-0.15, -0.1) is 0 Å². The summed E-state index contributed by atoms with van der Waals surface area (Å²) in [6.07, 6.45) is 3.53. The molecule has 0 amide bonds. The molecule has 0 aliphatic rings. The molecule has 106 valence electrons. The second kappa shape index (κ2) is 6.16. The van der Waals surface area contributed by atoms with Gasteiger partial charge in [0.2, 0.25) is 0 Å². The first-order valence-electron chi connectivity index (χ1n) is 6.21. The van der Waals surface area contributed by atoms with Crippen molar-refractivity contribution >= 4 is 11.4 Å². The smallest absolute Gasteiger partial charge is 0.271 e. The van der Waals surface area contributed by atoms with Crippen LogP contribution in [0.15, 0.2) is 30.6 Å². The van der Waals surface area contributed by atoms with E-state index in [9.17, 15) is 10.1 Å². The zero-order chi connectivity index (χ0) is 14.5. The first-order chi connectivity index (χ1) is 9.60. The Hall–Kier alpha value is -2.41. The fourth-order valence-corrected chi connectivity index (χ4v) is 1.83. The average Bonchev–Trinajstić information content (AvgIpc) is 2.86. The van der Waals surface area contributed by atoms with E-state index in [1.54, 1.807) is 16.9 Å². The number of nitro benzene ring substituents is 1. The van der Waals surface area contributed by atoms with Crippen molar-refractivity contribution in [1.29, 1.82) is 0 Å².